The molecule has 1 unspecified atom stereocenters. The summed E-state index contributed by atoms with van der Waals surface area (Å²) in [6, 6.07) is 8.04. The number of cyclic esters (lactones) is 1. The van der Waals surface area contributed by atoms with E-state index < -0.39 is 5.54 Å². The van der Waals surface area contributed by atoms with Gasteiger partial charge < -0.3 is 9.47 Å². The minimum Gasteiger partial charge on any atom is -0.407 e. The summed E-state index contributed by atoms with van der Waals surface area (Å²) in [6.07, 6.45) is 4.59. The van der Waals surface area contributed by atoms with Crippen molar-refractivity contribution in [1.82, 2.24) is 0 Å². The first-order valence-electron chi connectivity index (χ1n) is 7.30. The Bertz CT molecular complexity index is 587. The minimum absolute atomic E-state index is 0.180. The fourth-order valence-corrected chi connectivity index (χ4v) is 3.42. The molecule has 3 aliphatic rings. The molecule has 4 rings (SSSR count). The lowest BCUT2D eigenvalue weighted by Crippen LogP contribution is -2.35. The van der Waals surface area contributed by atoms with Crippen molar-refractivity contribution in [3.05, 3.63) is 35.4 Å². The van der Waals surface area contributed by atoms with Gasteiger partial charge in [0, 0.05) is 0 Å². The summed E-state index contributed by atoms with van der Waals surface area (Å²) in [5.41, 5.74) is 1.61. The molecule has 0 saturated heterocycles. The molecular weight excluding hydrogens is 254 g/mol. The largest absolute Gasteiger partial charge is 0.407 e. The molecule has 0 radical (unpaired) electrons. The van der Waals surface area contributed by atoms with Gasteiger partial charge in [-0.1, -0.05) is 43.5 Å². The zero-order chi connectivity index (χ0) is 13.6. The number of esters is 1. The van der Waals surface area contributed by atoms with E-state index in [1.54, 1.807) is 0 Å². The topological polar surface area (TPSA) is 47.9 Å². The van der Waals surface area contributed by atoms with Gasteiger partial charge in [-0.05, 0) is 24.0 Å². The van der Waals surface area contributed by atoms with Crippen LogP contribution < -0.4 is 0 Å². The summed E-state index contributed by atoms with van der Waals surface area (Å²) in [5.74, 6) is 0.280. The Kier molecular flexibility index (Phi) is 2.67. The average molecular weight is 271 g/mol. The highest BCUT2D eigenvalue weighted by molar-refractivity contribution is 6.02. The zero-order valence-electron chi connectivity index (χ0n) is 11.3. The van der Waals surface area contributed by atoms with Crippen LogP contribution in [-0.2, 0) is 20.9 Å². The quantitative estimate of drug-likeness (QED) is 0.738. The molecule has 1 fully saturated rings. The number of aliphatic imine (C=N–C) groups is 1. The van der Waals surface area contributed by atoms with Crippen LogP contribution in [0.25, 0.3) is 0 Å². The third kappa shape index (κ3) is 1.71. The first-order chi connectivity index (χ1) is 9.78. The highest BCUT2D eigenvalue weighted by atomic mass is 16.6. The summed E-state index contributed by atoms with van der Waals surface area (Å²) in [5, 5.41) is 0. The van der Waals surface area contributed by atoms with E-state index in [9.17, 15) is 4.79 Å². The molecule has 0 aromatic heterocycles. The van der Waals surface area contributed by atoms with Crippen LogP contribution in [0.15, 0.2) is 29.3 Å². The van der Waals surface area contributed by atoms with Crippen molar-refractivity contribution >= 4 is 11.9 Å². The normalized spacial score (nSPS) is 27.3. The monoisotopic (exact) mass is 271 g/mol. The van der Waals surface area contributed by atoms with Gasteiger partial charge in [-0.15, -0.1) is 0 Å². The molecule has 2 heterocycles. The number of nitrogens with zero attached hydrogens (tertiary/aromatic N) is 1. The van der Waals surface area contributed by atoms with Gasteiger partial charge in [0.25, 0.3) is 0 Å². The van der Waals surface area contributed by atoms with Crippen LogP contribution in [0, 0.1) is 0 Å². The second kappa shape index (κ2) is 4.42. The molecule has 1 aromatic carbocycles. The molecule has 0 N–H and O–H groups in total. The van der Waals surface area contributed by atoms with Gasteiger partial charge in [0.15, 0.2) is 11.6 Å². The van der Waals surface area contributed by atoms with Crippen LogP contribution in [0.5, 0.6) is 0 Å². The van der Waals surface area contributed by atoms with Gasteiger partial charge in [-0.2, -0.15) is 0 Å². The smallest absolute Gasteiger partial charge is 0.340 e. The molecule has 4 nitrogen and oxygen atoms in total. The molecule has 1 aromatic rings. The average Bonchev–Trinajstić information content (AvgIpc) is 3.03. The van der Waals surface area contributed by atoms with E-state index in [2.05, 4.69) is 4.99 Å². The van der Waals surface area contributed by atoms with Gasteiger partial charge in [0.1, 0.15) is 0 Å². The maximum atomic E-state index is 12.2. The molecule has 4 heteroatoms. The molecule has 0 bridgehead atoms. The van der Waals surface area contributed by atoms with Gasteiger partial charge in [0.2, 0.25) is 5.90 Å². The Morgan fingerprint density at radius 3 is 2.80 bits per heavy atom. The Morgan fingerprint density at radius 2 is 1.95 bits per heavy atom. The standard InChI is InChI=1S/C16H17NO3/c18-15-16(8-4-1-5-9-16)17-14(20-15)13-12-7-3-2-6-11(12)10-19-13/h2-3,6-7,13H,1,4-5,8-10H2. The van der Waals surface area contributed by atoms with Crippen molar-refractivity contribution in [3.8, 4) is 0 Å². The SMILES string of the molecule is O=C1OC(C2OCc3ccccc32)=NC12CCCCC2. The molecule has 1 spiro atoms. The summed E-state index contributed by atoms with van der Waals surface area (Å²) in [7, 11) is 0. The van der Waals surface area contributed by atoms with E-state index in [4.69, 9.17) is 9.47 Å². The number of fused-ring (bicyclic) bond motifs is 1. The molecular formula is C16H17NO3. The number of rotatable bonds is 1. The van der Waals surface area contributed by atoms with Crippen LogP contribution in [0.3, 0.4) is 0 Å². The Morgan fingerprint density at radius 1 is 1.15 bits per heavy atom. The van der Waals surface area contributed by atoms with Crippen LogP contribution in [0.4, 0.5) is 0 Å². The molecule has 0 amide bonds. The number of ether oxygens (including phenoxy) is 2. The molecule has 1 atom stereocenters. The van der Waals surface area contributed by atoms with E-state index in [1.165, 1.54) is 6.42 Å². The van der Waals surface area contributed by atoms with Gasteiger partial charge in [0.05, 0.1) is 6.61 Å². The maximum Gasteiger partial charge on any atom is 0.340 e. The molecule has 20 heavy (non-hydrogen) atoms. The fourth-order valence-electron chi connectivity index (χ4n) is 3.42. The molecule has 104 valence electrons. The summed E-state index contributed by atoms with van der Waals surface area (Å²) >= 11 is 0. The number of hydrogen-bond donors (Lipinski definition) is 0. The second-order valence-corrected chi connectivity index (χ2v) is 5.82. The molecule has 2 aliphatic heterocycles. The van der Waals surface area contributed by atoms with E-state index in [0.29, 0.717) is 12.5 Å². The maximum absolute atomic E-state index is 12.2. The van der Waals surface area contributed by atoms with E-state index in [0.717, 1.165) is 36.8 Å². The van der Waals surface area contributed by atoms with Gasteiger partial charge in [-0.3, -0.25) is 0 Å². The lowest BCUT2D eigenvalue weighted by molar-refractivity contribution is -0.140. The van der Waals surface area contributed by atoms with Crippen molar-refractivity contribution in [3.63, 3.8) is 0 Å². The second-order valence-electron chi connectivity index (χ2n) is 5.82. The predicted octanol–water partition coefficient (Wildman–Crippen LogP) is 2.92. The van der Waals surface area contributed by atoms with Crippen molar-refractivity contribution in [2.75, 3.05) is 0 Å². The lowest BCUT2D eigenvalue weighted by Gasteiger charge is -2.25. The van der Waals surface area contributed by atoms with Crippen LogP contribution in [0.1, 0.15) is 49.3 Å². The number of carbonyl (C=O) groups is 1. The van der Waals surface area contributed by atoms with Crippen molar-refractivity contribution in [2.24, 2.45) is 4.99 Å². The highest BCUT2D eigenvalue weighted by Crippen LogP contribution is 2.40. The van der Waals surface area contributed by atoms with Crippen molar-refractivity contribution < 1.29 is 14.3 Å². The molecule has 1 aliphatic carbocycles. The third-order valence-corrected chi connectivity index (χ3v) is 4.55. The lowest BCUT2D eigenvalue weighted by atomic mass is 9.83. The van der Waals surface area contributed by atoms with Crippen LogP contribution in [0.2, 0.25) is 0 Å². The van der Waals surface area contributed by atoms with Crippen molar-refractivity contribution in [1.29, 1.82) is 0 Å². The zero-order valence-corrected chi connectivity index (χ0v) is 11.3. The van der Waals surface area contributed by atoms with Gasteiger partial charge >= 0.3 is 5.97 Å². The Balaban J connectivity index is 1.67. The van der Waals surface area contributed by atoms with E-state index >= 15 is 0 Å². The number of benzene rings is 1. The first kappa shape index (κ1) is 12.1. The Hall–Kier alpha value is -1.68. The van der Waals surface area contributed by atoms with E-state index in [-0.39, 0.29) is 12.1 Å². The summed E-state index contributed by atoms with van der Waals surface area (Å²) in [6.45, 7) is 0.560. The Labute approximate surface area is 117 Å². The number of hydrogen-bond acceptors (Lipinski definition) is 4. The highest BCUT2D eigenvalue weighted by Gasteiger charge is 2.49. The van der Waals surface area contributed by atoms with Crippen molar-refractivity contribution in [2.45, 2.75) is 50.4 Å². The third-order valence-electron chi connectivity index (χ3n) is 4.55. The summed E-state index contributed by atoms with van der Waals surface area (Å²) in [4.78, 5) is 16.9. The fraction of sp³-hybridized carbons (Fsp3) is 0.500. The number of carbonyl (C=O) groups excluding carboxylic acids is 1. The van der Waals surface area contributed by atoms with E-state index in [1.807, 2.05) is 24.3 Å². The first-order valence-corrected chi connectivity index (χ1v) is 7.30. The minimum atomic E-state index is -0.617. The molecule has 1 saturated carbocycles. The van der Waals surface area contributed by atoms with Crippen LogP contribution >= 0.6 is 0 Å². The van der Waals surface area contributed by atoms with Gasteiger partial charge in [-0.25, -0.2) is 9.79 Å². The summed E-state index contributed by atoms with van der Waals surface area (Å²) < 4.78 is 11.3. The van der Waals surface area contributed by atoms with Crippen LogP contribution in [-0.4, -0.2) is 17.4 Å². The predicted molar refractivity (Wildman–Crippen MR) is 73.3 cm³/mol.